The lowest BCUT2D eigenvalue weighted by atomic mass is 10.3. The van der Waals surface area contributed by atoms with Crippen LogP contribution in [0.25, 0.3) is 0 Å². The Hall–Kier alpha value is -0.740. The number of hydrogen-bond acceptors (Lipinski definition) is 3. The Kier molecular flexibility index (Phi) is 4.22. The van der Waals surface area contributed by atoms with Gasteiger partial charge in [0.05, 0.1) is 18.9 Å². The van der Waals surface area contributed by atoms with Gasteiger partial charge >= 0.3 is 0 Å². The van der Waals surface area contributed by atoms with E-state index >= 15 is 0 Å². The van der Waals surface area contributed by atoms with E-state index in [2.05, 4.69) is 21.2 Å². The normalized spacial score (nSPS) is 12.3. The largest absolute Gasteiger partial charge is 0.497 e. The van der Waals surface area contributed by atoms with E-state index in [1.54, 1.807) is 14.0 Å². The van der Waals surface area contributed by atoms with Gasteiger partial charge in [-0.15, -0.1) is 0 Å². The van der Waals surface area contributed by atoms with Crippen LogP contribution in [0.4, 0.5) is 5.69 Å². The zero-order valence-corrected chi connectivity index (χ0v) is 9.84. The fourth-order valence-corrected chi connectivity index (χ4v) is 1.41. The smallest absolute Gasteiger partial charge is 0.121 e. The molecule has 0 saturated heterocycles. The van der Waals surface area contributed by atoms with E-state index in [-0.39, 0.29) is 6.10 Å². The van der Waals surface area contributed by atoms with Crippen LogP contribution in [0.15, 0.2) is 22.7 Å². The molecule has 0 fully saturated rings. The average molecular weight is 260 g/mol. The summed E-state index contributed by atoms with van der Waals surface area (Å²) in [5, 5.41) is 12.2. The number of halogens is 1. The Labute approximate surface area is 92.2 Å². The van der Waals surface area contributed by atoms with Gasteiger partial charge in [0.15, 0.2) is 0 Å². The molecule has 1 aromatic carbocycles. The molecule has 0 aliphatic carbocycles. The maximum Gasteiger partial charge on any atom is 0.121 e. The van der Waals surface area contributed by atoms with Gasteiger partial charge in [-0.25, -0.2) is 0 Å². The highest BCUT2D eigenvalue weighted by Crippen LogP contribution is 2.26. The summed E-state index contributed by atoms with van der Waals surface area (Å²) in [5.74, 6) is 0.793. The number of methoxy groups -OCH3 is 1. The van der Waals surface area contributed by atoms with Crippen molar-refractivity contribution >= 4 is 21.6 Å². The van der Waals surface area contributed by atoms with E-state index in [0.717, 1.165) is 15.9 Å². The van der Waals surface area contributed by atoms with Gasteiger partial charge in [0.2, 0.25) is 0 Å². The van der Waals surface area contributed by atoms with E-state index in [1.165, 1.54) is 0 Å². The van der Waals surface area contributed by atoms with Crippen molar-refractivity contribution in [2.75, 3.05) is 19.0 Å². The van der Waals surface area contributed by atoms with Crippen molar-refractivity contribution < 1.29 is 9.84 Å². The first kappa shape index (κ1) is 11.3. The second kappa shape index (κ2) is 5.22. The van der Waals surface area contributed by atoms with Crippen LogP contribution < -0.4 is 10.1 Å². The van der Waals surface area contributed by atoms with Crippen LogP contribution in [0.2, 0.25) is 0 Å². The third kappa shape index (κ3) is 3.20. The number of benzene rings is 1. The summed E-state index contributed by atoms with van der Waals surface area (Å²) in [4.78, 5) is 0. The lowest BCUT2D eigenvalue weighted by Crippen LogP contribution is -2.15. The van der Waals surface area contributed by atoms with Crippen molar-refractivity contribution in [2.24, 2.45) is 0 Å². The van der Waals surface area contributed by atoms with E-state index in [4.69, 9.17) is 9.84 Å². The topological polar surface area (TPSA) is 41.5 Å². The number of ether oxygens (including phenoxy) is 1. The summed E-state index contributed by atoms with van der Waals surface area (Å²) in [7, 11) is 1.63. The molecule has 0 bridgehead atoms. The number of aliphatic hydroxyl groups is 1. The number of rotatable bonds is 4. The summed E-state index contributed by atoms with van der Waals surface area (Å²) in [6, 6.07) is 5.66. The maximum absolute atomic E-state index is 9.12. The molecule has 0 amide bonds. The predicted octanol–water partition coefficient (Wildman–Crippen LogP) is 2.25. The highest BCUT2D eigenvalue weighted by Gasteiger charge is 2.02. The lowest BCUT2D eigenvalue weighted by molar-refractivity contribution is 0.208. The van der Waals surface area contributed by atoms with Gasteiger partial charge < -0.3 is 15.2 Å². The lowest BCUT2D eigenvalue weighted by Gasteiger charge is -2.11. The van der Waals surface area contributed by atoms with Crippen molar-refractivity contribution in [3.63, 3.8) is 0 Å². The Morgan fingerprint density at radius 3 is 2.86 bits per heavy atom. The molecule has 1 aromatic rings. The summed E-state index contributed by atoms with van der Waals surface area (Å²) in [5.41, 5.74) is 0.922. The van der Waals surface area contributed by atoms with Gasteiger partial charge in [0, 0.05) is 17.1 Å². The van der Waals surface area contributed by atoms with Gasteiger partial charge in [-0.05, 0) is 35.0 Å². The zero-order valence-electron chi connectivity index (χ0n) is 8.25. The first-order chi connectivity index (χ1) is 6.63. The van der Waals surface area contributed by atoms with Gasteiger partial charge in [0.25, 0.3) is 0 Å². The van der Waals surface area contributed by atoms with Gasteiger partial charge in [-0.1, -0.05) is 0 Å². The van der Waals surface area contributed by atoms with Crippen molar-refractivity contribution in [1.29, 1.82) is 0 Å². The Morgan fingerprint density at radius 1 is 1.57 bits per heavy atom. The molecule has 2 N–H and O–H groups in total. The van der Waals surface area contributed by atoms with E-state index in [1.807, 2.05) is 18.2 Å². The maximum atomic E-state index is 9.12. The Morgan fingerprint density at radius 2 is 2.29 bits per heavy atom. The zero-order chi connectivity index (χ0) is 10.6. The third-order valence-corrected chi connectivity index (χ3v) is 2.45. The molecule has 3 nitrogen and oxygen atoms in total. The molecule has 14 heavy (non-hydrogen) atoms. The minimum absolute atomic E-state index is 0.367. The molecule has 0 aliphatic heterocycles. The Bertz CT molecular complexity index is 302. The summed E-state index contributed by atoms with van der Waals surface area (Å²) in [6.07, 6.45) is -0.367. The minimum Gasteiger partial charge on any atom is -0.497 e. The molecule has 1 rings (SSSR count). The van der Waals surface area contributed by atoms with E-state index in [0.29, 0.717) is 6.54 Å². The third-order valence-electron chi connectivity index (χ3n) is 1.76. The number of anilines is 1. The van der Waals surface area contributed by atoms with Crippen LogP contribution in [0.1, 0.15) is 6.92 Å². The molecular formula is C10H14BrNO2. The first-order valence-corrected chi connectivity index (χ1v) is 5.18. The van der Waals surface area contributed by atoms with Crippen molar-refractivity contribution in [2.45, 2.75) is 13.0 Å². The highest BCUT2D eigenvalue weighted by atomic mass is 79.9. The van der Waals surface area contributed by atoms with E-state index < -0.39 is 0 Å². The molecule has 0 unspecified atom stereocenters. The summed E-state index contributed by atoms with van der Waals surface area (Å²) < 4.78 is 6.05. The standard InChI is InChI=1S/C10H14BrNO2/c1-7(13)6-12-10-5-8(14-2)3-4-9(10)11/h3-5,7,12-13H,6H2,1-2H3/t7-/m0/s1. The second-order valence-electron chi connectivity index (χ2n) is 3.08. The SMILES string of the molecule is COc1ccc(Br)c(NC[C@H](C)O)c1. The molecule has 78 valence electrons. The van der Waals surface area contributed by atoms with Gasteiger partial charge in [-0.3, -0.25) is 0 Å². The summed E-state index contributed by atoms with van der Waals surface area (Å²) in [6.45, 7) is 2.26. The molecule has 0 radical (unpaired) electrons. The van der Waals surface area contributed by atoms with Crippen molar-refractivity contribution in [3.8, 4) is 5.75 Å². The molecule has 0 saturated carbocycles. The quantitative estimate of drug-likeness (QED) is 0.872. The van der Waals surface area contributed by atoms with Crippen LogP contribution in [0.5, 0.6) is 5.75 Å². The number of aliphatic hydroxyl groups excluding tert-OH is 1. The highest BCUT2D eigenvalue weighted by molar-refractivity contribution is 9.10. The van der Waals surface area contributed by atoms with Gasteiger partial charge in [0.1, 0.15) is 5.75 Å². The summed E-state index contributed by atoms with van der Waals surface area (Å²) >= 11 is 3.41. The fraction of sp³-hybridized carbons (Fsp3) is 0.400. The predicted molar refractivity (Wildman–Crippen MR) is 60.9 cm³/mol. The monoisotopic (exact) mass is 259 g/mol. The minimum atomic E-state index is -0.367. The molecule has 4 heteroatoms. The number of hydrogen-bond donors (Lipinski definition) is 2. The van der Waals surface area contributed by atoms with Crippen LogP contribution in [0, 0.1) is 0 Å². The second-order valence-corrected chi connectivity index (χ2v) is 3.93. The van der Waals surface area contributed by atoms with Crippen LogP contribution in [-0.4, -0.2) is 24.9 Å². The van der Waals surface area contributed by atoms with E-state index in [9.17, 15) is 0 Å². The average Bonchev–Trinajstić information content (AvgIpc) is 2.16. The molecule has 0 spiro atoms. The van der Waals surface area contributed by atoms with Crippen molar-refractivity contribution in [1.82, 2.24) is 0 Å². The van der Waals surface area contributed by atoms with Crippen LogP contribution in [-0.2, 0) is 0 Å². The Balaban J connectivity index is 2.73. The van der Waals surface area contributed by atoms with Gasteiger partial charge in [-0.2, -0.15) is 0 Å². The molecule has 0 aliphatic rings. The van der Waals surface area contributed by atoms with Crippen LogP contribution >= 0.6 is 15.9 Å². The molecule has 0 aromatic heterocycles. The van der Waals surface area contributed by atoms with Crippen molar-refractivity contribution in [3.05, 3.63) is 22.7 Å². The first-order valence-electron chi connectivity index (χ1n) is 4.39. The van der Waals surface area contributed by atoms with Crippen LogP contribution in [0.3, 0.4) is 0 Å². The molecule has 0 heterocycles. The molecular weight excluding hydrogens is 246 g/mol. The fourth-order valence-electron chi connectivity index (χ4n) is 1.02. The molecule has 1 atom stereocenters. The number of nitrogens with one attached hydrogen (secondary N) is 1.